The van der Waals surface area contributed by atoms with Crippen molar-refractivity contribution in [2.45, 2.75) is 44.6 Å². The monoisotopic (exact) mass is 346 g/mol. The summed E-state index contributed by atoms with van der Waals surface area (Å²) >= 11 is 0. The molecule has 0 radical (unpaired) electrons. The number of aromatic nitrogens is 2. The van der Waals surface area contributed by atoms with Crippen LogP contribution in [0.25, 0.3) is 0 Å². The largest absolute Gasteiger partial charge is 0.507 e. The molecular formula is C18H23FN4O2. The van der Waals surface area contributed by atoms with E-state index in [0.717, 1.165) is 18.5 Å². The van der Waals surface area contributed by atoms with Crippen LogP contribution in [0, 0.1) is 5.82 Å². The second-order valence-corrected chi connectivity index (χ2v) is 6.48. The molecular weight excluding hydrogens is 323 g/mol. The predicted octanol–water partition coefficient (Wildman–Crippen LogP) is 3.63. The summed E-state index contributed by atoms with van der Waals surface area (Å²) < 4.78 is 15.4. The van der Waals surface area contributed by atoms with Gasteiger partial charge >= 0.3 is 6.03 Å². The normalized spacial score (nSPS) is 15.1. The van der Waals surface area contributed by atoms with Crippen LogP contribution in [-0.4, -0.2) is 20.9 Å². The van der Waals surface area contributed by atoms with Gasteiger partial charge in [0.1, 0.15) is 11.6 Å². The first-order valence-corrected chi connectivity index (χ1v) is 8.59. The minimum atomic E-state index is -0.551. The highest BCUT2D eigenvalue weighted by atomic mass is 19.1. The van der Waals surface area contributed by atoms with E-state index in [0.29, 0.717) is 11.6 Å². The molecule has 0 aliphatic heterocycles. The van der Waals surface area contributed by atoms with Crippen molar-refractivity contribution in [3.05, 3.63) is 41.5 Å². The van der Waals surface area contributed by atoms with Crippen molar-refractivity contribution in [2.75, 3.05) is 5.32 Å². The second kappa shape index (κ2) is 7.55. The van der Waals surface area contributed by atoms with E-state index in [2.05, 4.69) is 15.7 Å². The fraction of sp³-hybridized carbons (Fsp3) is 0.444. The van der Waals surface area contributed by atoms with E-state index in [1.807, 2.05) is 7.05 Å². The number of phenols is 1. The summed E-state index contributed by atoms with van der Waals surface area (Å²) in [5, 5.41) is 19.6. The first-order chi connectivity index (χ1) is 12.0. The van der Waals surface area contributed by atoms with E-state index in [1.165, 1.54) is 37.5 Å². The molecule has 0 unspecified atom stereocenters. The number of aryl methyl sites for hydroxylation is 1. The van der Waals surface area contributed by atoms with Gasteiger partial charge in [-0.15, -0.1) is 0 Å². The molecule has 3 rings (SSSR count). The SMILES string of the molecule is Cn1cc(NC(=O)NCc2c(O)cccc2F)c(C2CCCCC2)n1. The van der Waals surface area contributed by atoms with E-state index in [-0.39, 0.29) is 17.9 Å². The van der Waals surface area contributed by atoms with E-state index < -0.39 is 11.8 Å². The third-order valence-electron chi connectivity index (χ3n) is 4.62. The van der Waals surface area contributed by atoms with Crippen molar-refractivity contribution in [3.8, 4) is 5.75 Å². The zero-order chi connectivity index (χ0) is 17.8. The lowest BCUT2D eigenvalue weighted by Gasteiger charge is -2.21. The molecule has 134 valence electrons. The molecule has 1 saturated carbocycles. The average molecular weight is 346 g/mol. The summed E-state index contributed by atoms with van der Waals surface area (Å²) in [5.41, 5.74) is 1.66. The predicted molar refractivity (Wildman–Crippen MR) is 93.0 cm³/mol. The minimum Gasteiger partial charge on any atom is -0.507 e. The molecule has 1 aromatic heterocycles. The number of nitrogens with one attached hydrogen (secondary N) is 2. The lowest BCUT2D eigenvalue weighted by Crippen LogP contribution is -2.29. The van der Waals surface area contributed by atoms with Gasteiger partial charge in [0.25, 0.3) is 0 Å². The summed E-state index contributed by atoms with van der Waals surface area (Å²) in [5.74, 6) is -0.366. The maximum Gasteiger partial charge on any atom is 0.319 e. The number of aromatic hydroxyl groups is 1. The zero-order valence-electron chi connectivity index (χ0n) is 14.3. The number of carbonyl (C=O) groups excluding carboxylic acids is 1. The highest BCUT2D eigenvalue weighted by molar-refractivity contribution is 5.89. The van der Waals surface area contributed by atoms with Crippen LogP contribution in [0.1, 0.15) is 49.3 Å². The van der Waals surface area contributed by atoms with Crippen molar-refractivity contribution in [1.29, 1.82) is 0 Å². The van der Waals surface area contributed by atoms with Crippen molar-refractivity contribution in [3.63, 3.8) is 0 Å². The quantitative estimate of drug-likeness (QED) is 0.791. The molecule has 2 aromatic rings. The third kappa shape index (κ3) is 4.10. The Morgan fingerprint density at radius 1 is 1.36 bits per heavy atom. The highest BCUT2D eigenvalue weighted by Gasteiger charge is 2.22. The van der Waals surface area contributed by atoms with E-state index in [1.54, 1.807) is 10.9 Å². The van der Waals surface area contributed by atoms with E-state index >= 15 is 0 Å². The van der Waals surface area contributed by atoms with Crippen LogP contribution in [0.15, 0.2) is 24.4 Å². The Morgan fingerprint density at radius 3 is 2.84 bits per heavy atom. The molecule has 7 heteroatoms. The van der Waals surface area contributed by atoms with Gasteiger partial charge in [-0.2, -0.15) is 5.10 Å². The number of carbonyl (C=O) groups is 1. The van der Waals surface area contributed by atoms with Gasteiger partial charge in [-0.25, -0.2) is 9.18 Å². The van der Waals surface area contributed by atoms with Crippen molar-refractivity contribution in [2.24, 2.45) is 7.05 Å². The molecule has 0 atom stereocenters. The number of phenolic OH excluding ortho intramolecular Hbond substituents is 1. The van der Waals surface area contributed by atoms with E-state index in [4.69, 9.17) is 0 Å². The average Bonchev–Trinajstić information content (AvgIpc) is 2.95. The Balaban J connectivity index is 1.65. The van der Waals surface area contributed by atoms with Crippen LogP contribution in [0.5, 0.6) is 5.75 Å². The molecule has 1 fully saturated rings. The van der Waals surface area contributed by atoms with E-state index in [9.17, 15) is 14.3 Å². The van der Waals surface area contributed by atoms with Gasteiger partial charge in [0, 0.05) is 24.7 Å². The molecule has 25 heavy (non-hydrogen) atoms. The van der Waals surface area contributed by atoms with Gasteiger partial charge in [0.15, 0.2) is 0 Å². The standard InChI is InChI=1S/C18H23FN4O2/c1-23-11-15(17(22-23)12-6-3-2-4-7-12)21-18(25)20-10-13-14(19)8-5-9-16(13)24/h5,8-9,11-12,24H,2-4,6-7,10H2,1H3,(H2,20,21,25). The summed E-state index contributed by atoms with van der Waals surface area (Å²) in [6.07, 6.45) is 7.55. The number of benzene rings is 1. The third-order valence-corrected chi connectivity index (χ3v) is 4.62. The number of rotatable bonds is 4. The van der Waals surface area contributed by atoms with Crippen LogP contribution in [-0.2, 0) is 13.6 Å². The minimum absolute atomic E-state index is 0.0661. The maximum absolute atomic E-state index is 13.7. The van der Waals surface area contributed by atoms with Crippen molar-refractivity contribution < 1.29 is 14.3 Å². The van der Waals surface area contributed by atoms with Crippen LogP contribution in [0.2, 0.25) is 0 Å². The summed E-state index contributed by atoms with van der Waals surface area (Å²) in [7, 11) is 1.83. The number of hydrogen-bond acceptors (Lipinski definition) is 3. The Kier molecular flexibility index (Phi) is 5.21. The molecule has 1 aliphatic carbocycles. The molecule has 6 nitrogen and oxygen atoms in total. The van der Waals surface area contributed by atoms with Gasteiger partial charge in [0.2, 0.25) is 0 Å². The number of halogens is 1. The van der Waals surface area contributed by atoms with Gasteiger partial charge in [-0.3, -0.25) is 4.68 Å². The summed E-state index contributed by atoms with van der Waals surface area (Å²) in [4.78, 5) is 12.2. The van der Waals surface area contributed by atoms with Crippen LogP contribution >= 0.6 is 0 Å². The lowest BCUT2D eigenvalue weighted by atomic mass is 9.86. The van der Waals surface area contributed by atoms with Crippen molar-refractivity contribution >= 4 is 11.7 Å². The molecule has 1 aromatic carbocycles. The first kappa shape index (κ1) is 17.3. The smallest absolute Gasteiger partial charge is 0.319 e. The van der Waals surface area contributed by atoms with Crippen molar-refractivity contribution in [1.82, 2.24) is 15.1 Å². The van der Waals surface area contributed by atoms with Gasteiger partial charge in [-0.1, -0.05) is 25.3 Å². The van der Waals surface area contributed by atoms with Crippen LogP contribution in [0.3, 0.4) is 0 Å². The number of anilines is 1. The highest BCUT2D eigenvalue weighted by Crippen LogP contribution is 2.35. The summed E-state index contributed by atoms with van der Waals surface area (Å²) in [6, 6.07) is 3.60. The molecule has 3 N–H and O–H groups in total. The number of urea groups is 1. The Hall–Kier alpha value is -2.57. The first-order valence-electron chi connectivity index (χ1n) is 8.59. The maximum atomic E-state index is 13.7. The Bertz CT molecular complexity index is 733. The Morgan fingerprint density at radius 2 is 2.12 bits per heavy atom. The van der Waals surface area contributed by atoms with Gasteiger partial charge < -0.3 is 15.7 Å². The molecule has 2 amide bonds. The van der Waals surface area contributed by atoms with Crippen LogP contribution in [0.4, 0.5) is 14.9 Å². The fourth-order valence-electron chi connectivity index (χ4n) is 3.34. The fourth-order valence-corrected chi connectivity index (χ4v) is 3.34. The molecule has 0 saturated heterocycles. The number of nitrogens with zero attached hydrogens (tertiary/aromatic N) is 2. The molecule has 0 spiro atoms. The van der Waals surface area contributed by atoms with Gasteiger partial charge in [-0.05, 0) is 25.0 Å². The number of amides is 2. The molecule has 1 aliphatic rings. The topological polar surface area (TPSA) is 79.2 Å². The zero-order valence-corrected chi connectivity index (χ0v) is 14.3. The second-order valence-electron chi connectivity index (χ2n) is 6.48. The Labute approximate surface area is 146 Å². The lowest BCUT2D eigenvalue weighted by molar-refractivity contribution is 0.251. The number of hydrogen-bond donors (Lipinski definition) is 3. The molecule has 1 heterocycles. The molecule has 0 bridgehead atoms. The van der Waals surface area contributed by atoms with Crippen LogP contribution < -0.4 is 10.6 Å². The van der Waals surface area contributed by atoms with Gasteiger partial charge in [0.05, 0.1) is 17.9 Å². The summed E-state index contributed by atoms with van der Waals surface area (Å²) in [6.45, 7) is -0.0939.